The summed E-state index contributed by atoms with van der Waals surface area (Å²) >= 11 is 1.72. The molecule has 0 saturated carbocycles. The molecule has 1 atom stereocenters. The number of methoxy groups -OCH3 is 1. The summed E-state index contributed by atoms with van der Waals surface area (Å²) in [6, 6.07) is 5.09. The third kappa shape index (κ3) is 3.80. The van der Waals surface area contributed by atoms with Crippen LogP contribution in [-0.4, -0.2) is 30.1 Å². The van der Waals surface area contributed by atoms with Gasteiger partial charge in [0.05, 0.1) is 18.1 Å². The third-order valence-electron chi connectivity index (χ3n) is 2.62. The highest BCUT2D eigenvalue weighted by molar-refractivity contribution is 7.98. The van der Waals surface area contributed by atoms with E-state index in [0.29, 0.717) is 11.4 Å². The number of anilines is 1. The van der Waals surface area contributed by atoms with Crippen molar-refractivity contribution < 1.29 is 9.66 Å². The van der Waals surface area contributed by atoms with Crippen LogP contribution in [0.15, 0.2) is 18.2 Å². The molecule has 0 aliphatic heterocycles. The summed E-state index contributed by atoms with van der Waals surface area (Å²) in [4.78, 5) is 10.6. The molecular weight excluding hydrogens is 252 g/mol. The van der Waals surface area contributed by atoms with Crippen LogP contribution in [0.4, 0.5) is 11.4 Å². The zero-order chi connectivity index (χ0) is 13.5. The van der Waals surface area contributed by atoms with Gasteiger partial charge in [-0.2, -0.15) is 11.8 Å². The van der Waals surface area contributed by atoms with Crippen LogP contribution in [0.1, 0.15) is 13.3 Å². The highest BCUT2D eigenvalue weighted by Gasteiger charge is 2.17. The second kappa shape index (κ2) is 7.10. The third-order valence-corrected chi connectivity index (χ3v) is 3.36. The maximum atomic E-state index is 11.0. The Morgan fingerprint density at radius 2 is 2.28 bits per heavy atom. The molecule has 0 spiro atoms. The molecule has 0 saturated heterocycles. The van der Waals surface area contributed by atoms with Gasteiger partial charge in [-0.05, 0) is 24.8 Å². The Hall–Kier alpha value is -1.43. The number of benzene rings is 1. The number of hydrogen-bond acceptors (Lipinski definition) is 5. The van der Waals surface area contributed by atoms with Crippen molar-refractivity contribution in [3.63, 3.8) is 0 Å². The Morgan fingerprint density at radius 3 is 2.78 bits per heavy atom. The fraction of sp³-hybridized carbons (Fsp3) is 0.500. The Labute approximate surface area is 111 Å². The first-order valence-corrected chi connectivity index (χ1v) is 7.09. The van der Waals surface area contributed by atoms with Gasteiger partial charge in [-0.25, -0.2) is 0 Å². The van der Waals surface area contributed by atoms with E-state index in [2.05, 4.69) is 12.2 Å². The van der Waals surface area contributed by atoms with E-state index in [4.69, 9.17) is 4.74 Å². The topological polar surface area (TPSA) is 64.4 Å². The largest absolute Gasteiger partial charge is 0.496 e. The maximum Gasteiger partial charge on any atom is 0.296 e. The van der Waals surface area contributed by atoms with Crippen molar-refractivity contribution in [2.75, 3.05) is 24.4 Å². The Kier molecular flexibility index (Phi) is 5.77. The van der Waals surface area contributed by atoms with Gasteiger partial charge in [0.25, 0.3) is 5.69 Å². The van der Waals surface area contributed by atoms with Gasteiger partial charge in [-0.3, -0.25) is 10.1 Å². The van der Waals surface area contributed by atoms with Crippen LogP contribution < -0.4 is 10.1 Å². The van der Waals surface area contributed by atoms with Crippen LogP contribution in [0.3, 0.4) is 0 Å². The summed E-state index contributed by atoms with van der Waals surface area (Å²) in [5.74, 6) is 1.41. The molecule has 18 heavy (non-hydrogen) atoms. The molecule has 1 aromatic carbocycles. The average molecular weight is 270 g/mol. The minimum atomic E-state index is -0.392. The number of nitrogens with zero attached hydrogens (tertiary/aromatic N) is 1. The average Bonchev–Trinajstić information content (AvgIpc) is 2.38. The first-order valence-electron chi connectivity index (χ1n) is 5.70. The lowest BCUT2D eigenvalue weighted by atomic mass is 10.2. The summed E-state index contributed by atoms with van der Waals surface area (Å²) in [6.45, 7) is 2.06. The molecule has 0 heterocycles. The van der Waals surface area contributed by atoms with Crippen molar-refractivity contribution in [3.05, 3.63) is 28.3 Å². The second-order valence-corrected chi connectivity index (χ2v) is 4.76. The van der Waals surface area contributed by atoms with Crippen LogP contribution in [0, 0.1) is 10.1 Å². The predicted octanol–water partition coefficient (Wildman–Crippen LogP) is 3.16. The highest BCUT2D eigenvalue weighted by Crippen LogP contribution is 2.29. The van der Waals surface area contributed by atoms with E-state index in [0.717, 1.165) is 12.2 Å². The van der Waals surface area contributed by atoms with Crippen LogP contribution in [-0.2, 0) is 0 Å². The van der Waals surface area contributed by atoms with Gasteiger partial charge in [0, 0.05) is 11.8 Å². The van der Waals surface area contributed by atoms with Crippen molar-refractivity contribution in [1.29, 1.82) is 0 Å². The number of nitro groups is 1. The number of nitro benzene ring substituents is 1. The quantitative estimate of drug-likeness (QED) is 0.609. The molecule has 5 nitrogen and oxygen atoms in total. The second-order valence-electron chi connectivity index (χ2n) is 3.85. The van der Waals surface area contributed by atoms with Gasteiger partial charge in [0.2, 0.25) is 0 Å². The van der Waals surface area contributed by atoms with Gasteiger partial charge in [-0.1, -0.05) is 6.92 Å². The van der Waals surface area contributed by atoms with Crippen molar-refractivity contribution in [2.45, 2.75) is 19.4 Å². The van der Waals surface area contributed by atoms with E-state index < -0.39 is 4.92 Å². The molecule has 0 radical (unpaired) electrons. The molecule has 0 aliphatic carbocycles. The number of rotatable bonds is 7. The molecule has 1 N–H and O–H groups in total. The van der Waals surface area contributed by atoms with E-state index in [-0.39, 0.29) is 11.7 Å². The van der Waals surface area contributed by atoms with Crippen LogP contribution in [0.5, 0.6) is 5.75 Å². The van der Waals surface area contributed by atoms with E-state index in [1.54, 1.807) is 23.9 Å². The minimum absolute atomic E-state index is 0.0499. The van der Waals surface area contributed by atoms with Crippen LogP contribution in [0.2, 0.25) is 0 Å². The van der Waals surface area contributed by atoms with Crippen LogP contribution >= 0.6 is 11.8 Å². The first kappa shape index (κ1) is 14.6. The van der Waals surface area contributed by atoms with Gasteiger partial charge in [0.1, 0.15) is 11.4 Å². The standard InChI is InChI=1S/C12H18N2O3S/c1-4-9(8-18-3)13-11-6-5-10(17-2)7-12(11)14(15)16/h5-7,9,13H,4,8H2,1-3H3. The van der Waals surface area contributed by atoms with E-state index >= 15 is 0 Å². The van der Waals surface area contributed by atoms with E-state index in [9.17, 15) is 10.1 Å². The van der Waals surface area contributed by atoms with E-state index in [1.807, 2.05) is 6.26 Å². The lowest BCUT2D eigenvalue weighted by Crippen LogP contribution is -2.21. The van der Waals surface area contributed by atoms with Gasteiger partial charge in [-0.15, -0.1) is 0 Å². The predicted molar refractivity (Wildman–Crippen MR) is 75.7 cm³/mol. The molecule has 6 heteroatoms. The summed E-state index contributed by atoms with van der Waals surface area (Å²) in [7, 11) is 1.49. The van der Waals surface area contributed by atoms with Crippen LogP contribution in [0.25, 0.3) is 0 Å². The molecule has 0 aromatic heterocycles. The zero-order valence-corrected chi connectivity index (χ0v) is 11.6. The lowest BCUT2D eigenvalue weighted by molar-refractivity contribution is -0.384. The maximum absolute atomic E-state index is 11.0. The monoisotopic (exact) mass is 270 g/mol. The molecule has 1 unspecified atom stereocenters. The smallest absolute Gasteiger partial charge is 0.296 e. The minimum Gasteiger partial charge on any atom is -0.496 e. The van der Waals surface area contributed by atoms with Gasteiger partial charge >= 0.3 is 0 Å². The molecule has 0 fully saturated rings. The Bertz CT molecular complexity index is 412. The molecule has 1 aromatic rings. The molecule has 1 rings (SSSR count). The zero-order valence-electron chi connectivity index (χ0n) is 10.8. The Balaban J connectivity index is 2.96. The Morgan fingerprint density at radius 1 is 1.56 bits per heavy atom. The SMILES string of the molecule is CCC(CSC)Nc1ccc(OC)cc1[N+](=O)[O-]. The lowest BCUT2D eigenvalue weighted by Gasteiger charge is -2.17. The van der Waals surface area contributed by atoms with E-state index in [1.165, 1.54) is 13.2 Å². The summed E-state index contributed by atoms with van der Waals surface area (Å²) in [6.07, 6.45) is 2.94. The number of nitrogens with one attached hydrogen (secondary N) is 1. The molecular formula is C12H18N2O3S. The summed E-state index contributed by atoms with van der Waals surface area (Å²) in [5.41, 5.74) is 0.593. The summed E-state index contributed by atoms with van der Waals surface area (Å²) < 4.78 is 5.00. The molecule has 0 amide bonds. The highest BCUT2D eigenvalue weighted by atomic mass is 32.2. The van der Waals surface area contributed by atoms with Crippen molar-refractivity contribution in [2.24, 2.45) is 0 Å². The van der Waals surface area contributed by atoms with Gasteiger partial charge in [0.15, 0.2) is 0 Å². The molecule has 0 aliphatic rings. The first-order chi connectivity index (χ1) is 8.62. The van der Waals surface area contributed by atoms with Crippen molar-refractivity contribution in [3.8, 4) is 5.75 Å². The summed E-state index contributed by atoms with van der Waals surface area (Å²) in [5, 5.41) is 14.2. The fourth-order valence-electron chi connectivity index (χ4n) is 1.59. The normalized spacial score (nSPS) is 11.9. The number of thioether (sulfide) groups is 1. The fourth-order valence-corrected chi connectivity index (χ4v) is 2.32. The van der Waals surface area contributed by atoms with Crippen molar-refractivity contribution >= 4 is 23.1 Å². The number of hydrogen-bond donors (Lipinski definition) is 1. The number of ether oxygens (including phenoxy) is 1. The molecule has 0 bridgehead atoms. The molecule has 100 valence electrons. The van der Waals surface area contributed by atoms with Gasteiger partial charge < -0.3 is 10.1 Å². The van der Waals surface area contributed by atoms with Crippen molar-refractivity contribution in [1.82, 2.24) is 0 Å².